The van der Waals surface area contributed by atoms with Crippen molar-refractivity contribution in [1.29, 1.82) is 0 Å². The zero-order valence-corrected chi connectivity index (χ0v) is 16.4. The Kier molecular flexibility index (Phi) is 22.6. The van der Waals surface area contributed by atoms with Crippen molar-refractivity contribution in [2.45, 2.75) is 96.8 Å². The molecule has 0 atom stereocenters. The van der Waals surface area contributed by atoms with Gasteiger partial charge in [-0.2, -0.15) is 7.82 Å². The SMILES string of the molecule is CCCCCCCC/C=C\CCCCCCCC[NH3+].O=P([O-])([O-])[O-]. The molecule has 0 aliphatic carbocycles. The van der Waals surface area contributed by atoms with E-state index in [9.17, 15) is 0 Å². The number of rotatable bonds is 15. The second-order valence-electron chi connectivity index (χ2n) is 6.24. The van der Waals surface area contributed by atoms with E-state index in [1.807, 2.05) is 0 Å². The van der Waals surface area contributed by atoms with Gasteiger partial charge in [-0.3, -0.25) is 0 Å². The van der Waals surface area contributed by atoms with Crippen molar-refractivity contribution < 1.29 is 25.0 Å². The Morgan fingerprint density at radius 2 is 1.04 bits per heavy atom. The van der Waals surface area contributed by atoms with E-state index in [-0.39, 0.29) is 0 Å². The van der Waals surface area contributed by atoms with Crippen molar-refractivity contribution in [1.82, 2.24) is 0 Å². The standard InChI is InChI=1S/C18H37N.H3O4P/c1-2-3-4-5-6-7-8-9-10-11-12-13-14-15-16-17-18-19;1-5(2,3)4/h9-10H,2-8,11-19H2,1H3;(H3,1,2,3,4)/p-2/b10-9-;. The van der Waals surface area contributed by atoms with Crippen LogP contribution < -0.4 is 20.4 Å². The molecule has 146 valence electrons. The highest BCUT2D eigenvalue weighted by Gasteiger charge is 1.90. The van der Waals surface area contributed by atoms with Gasteiger partial charge in [0.2, 0.25) is 0 Å². The summed E-state index contributed by atoms with van der Waals surface area (Å²) < 4.78 is 8.55. The third kappa shape index (κ3) is 37.8. The summed E-state index contributed by atoms with van der Waals surface area (Å²) in [6, 6.07) is 0. The predicted molar refractivity (Wildman–Crippen MR) is 94.8 cm³/mol. The van der Waals surface area contributed by atoms with Crippen LogP contribution in [0.1, 0.15) is 96.8 Å². The monoisotopic (exact) mass is 363 g/mol. The summed E-state index contributed by atoms with van der Waals surface area (Å²) in [4.78, 5) is 25.6. The summed E-state index contributed by atoms with van der Waals surface area (Å²) >= 11 is 0. The zero-order valence-electron chi connectivity index (χ0n) is 15.5. The van der Waals surface area contributed by atoms with Gasteiger partial charge in [0.15, 0.2) is 0 Å². The molecule has 6 heteroatoms. The van der Waals surface area contributed by atoms with E-state index < -0.39 is 7.82 Å². The van der Waals surface area contributed by atoms with Gasteiger partial charge in [-0.25, -0.2) is 0 Å². The highest BCUT2D eigenvalue weighted by molar-refractivity contribution is 7.40. The summed E-state index contributed by atoms with van der Waals surface area (Å²) in [5.41, 5.74) is 3.88. The van der Waals surface area contributed by atoms with Crippen LogP contribution in [-0.2, 0) is 4.57 Å². The number of phosphoric acid groups is 1. The van der Waals surface area contributed by atoms with Gasteiger partial charge in [-0.05, 0) is 38.5 Å². The molecule has 0 rings (SSSR count). The van der Waals surface area contributed by atoms with Crippen LogP contribution in [-0.4, -0.2) is 6.54 Å². The lowest BCUT2D eigenvalue weighted by Crippen LogP contribution is -2.50. The van der Waals surface area contributed by atoms with Gasteiger partial charge in [0.05, 0.1) is 6.54 Å². The lowest BCUT2D eigenvalue weighted by Gasteiger charge is -2.36. The minimum atomic E-state index is -5.39. The smallest absolute Gasteiger partial charge is 0.0739 e. The molecule has 3 N–H and O–H groups in total. The van der Waals surface area contributed by atoms with Gasteiger partial charge in [-0.1, -0.05) is 70.4 Å². The Morgan fingerprint density at radius 1 is 0.708 bits per heavy atom. The number of allylic oxidation sites excluding steroid dienone is 2. The van der Waals surface area contributed by atoms with Crippen LogP contribution in [0.4, 0.5) is 0 Å². The molecular formula is C18H38NO4P-2. The Balaban J connectivity index is 0. The quantitative estimate of drug-likeness (QED) is 0.273. The molecule has 0 unspecified atom stereocenters. The van der Waals surface area contributed by atoms with E-state index >= 15 is 0 Å². The van der Waals surface area contributed by atoms with Gasteiger partial charge in [0, 0.05) is 0 Å². The van der Waals surface area contributed by atoms with Crippen LogP contribution in [0.25, 0.3) is 0 Å². The maximum atomic E-state index is 8.55. The van der Waals surface area contributed by atoms with E-state index in [2.05, 4.69) is 24.8 Å². The molecule has 0 aromatic rings. The van der Waals surface area contributed by atoms with Crippen LogP contribution in [0, 0.1) is 0 Å². The van der Waals surface area contributed by atoms with Gasteiger partial charge >= 0.3 is 0 Å². The first-order chi connectivity index (χ1) is 11.4. The first kappa shape index (κ1) is 26.0. The number of hydrogen-bond acceptors (Lipinski definition) is 4. The van der Waals surface area contributed by atoms with Crippen molar-refractivity contribution in [3.63, 3.8) is 0 Å². The fraction of sp³-hybridized carbons (Fsp3) is 0.889. The second-order valence-corrected chi connectivity index (χ2v) is 7.13. The summed E-state index contributed by atoms with van der Waals surface area (Å²) in [6.07, 6.45) is 24.2. The van der Waals surface area contributed by atoms with Gasteiger partial charge in [0.1, 0.15) is 0 Å². The minimum absolute atomic E-state index is 1.11. The maximum Gasteiger partial charge on any atom is 0.0739 e. The second kappa shape index (κ2) is 20.9. The van der Waals surface area contributed by atoms with Crippen molar-refractivity contribution in [3.05, 3.63) is 12.2 Å². The molecular weight excluding hydrogens is 325 g/mol. The topological polar surface area (TPSA) is 114 Å². The fourth-order valence-corrected chi connectivity index (χ4v) is 2.42. The highest BCUT2D eigenvalue weighted by atomic mass is 31.2. The molecule has 0 aromatic heterocycles. The molecule has 24 heavy (non-hydrogen) atoms. The molecule has 0 saturated carbocycles. The van der Waals surface area contributed by atoms with E-state index in [4.69, 9.17) is 19.2 Å². The molecule has 0 saturated heterocycles. The highest BCUT2D eigenvalue weighted by Crippen LogP contribution is 2.09. The van der Waals surface area contributed by atoms with E-state index in [1.165, 1.54) is 89.9 Å². The molecule has 0 bridgehead atoms. The summed E-state index contributed by atoms with van der Waals surface area (Å²) in [5.74, 6) is 0. The van der Waals surface area contributed by atoms with Gasteiger partial charge in [-0.15, -0.1) is 0 Å². The lowest BCUT2D eigenvalue weighted by atomic mass is 10.1. The molecule has 0 amide bonds. The van der Waals surface area contributed by atoms with Gasteiger partial charge < -0.3 is 25.0 Å². The third-order valence-corrected chi connectivity index (χ3v) is 3.76. The Hall–Kier alpha value is -0.190. The average Bonchev–Trinajstić information content (AvgIpc) is 2.49. The predicted octanol–water partition coefficient (Wildman–Crippen LogP) is 2.44. The third-order valence-electron chi connectivity index (χ3n) is 3.76. The van der Waals surface area contributed by atoms with Crippen LogP contribution in [0.15, 0.2) is 12.2 Å². The Morgan fingerprint density at radius 3 is 1.42 bits per heavy atom. The largest absolute Gasteiger partial charge is 0.822 e. The molecule has 0 aliphatic rings. The van der Waals surface area contributed by atoms with E-state index in [1.54, 1.807) is 0 Å². The molecule has 0 heterocycles. The molecule has 0 aromatic carbocycles. The van der Waals surface area contributed by atoms with Crippen molar-refractivity contribution in [2.24, 2.45) is 0 Å². The number of hydrogen-bond donors (Lipinski definition) is 1. The lowest BCUT2D eigenvalue weighted by molar-refractivity contribution is -0.432. The van der Waals surface area contributed by atoms with Crippen molar-refractivity contribution >= 4 is 7.82 Å². The van der Waals surface area contributed by atoms with Gasteiger partial charge in [0.25, 0.3) is 0 Å². The maximum absolute atomic E-state index is 8.55. The average molecular weight is 363 g/mol. The molecule has 0 fully saturated rings. The fourth-order valence-electron chi connectivity index (χ4n) is 2.42. The Bertz CT molecular complexity index is 297. The Labute approximate surface area is 149 Å². The number of quaternary nitrogens is 1. The molecule has 0 spiro atoms. The summed E-state index contributed by atoms with van der Waals surface area (Å²) in [7, 11) is -5.39. The molecule has 0 aliphatic heterocycles. The van der Waals surface area contributed by atoms with Crippen molar-refractivity contribution in [2.75, 3.05) is 6.54 Å². The summed E-state index contributed by atoms with van der Waals surface area (Å²) in [6.45, 7) is 3.39. The first-order valence-electron chi connectivity index (χ1n) is 9.59. The molecule has 0 radical (unpaired) electrons. The normalized spacial score (nSPS) is 11.5. The zero-order chi connectivity index (χ0) is 18.5. The minimum Gasteiger partial charge on any atom is -0.822 e. The van der Waals surface area contributed by atoms with Crippen LogP contribution in [0.5, 0.6) is 0 Å². The first-order valence-corrected chi connectivity index (χ1v) is 11.0. The molecule has 5 nitrogen and oxygen atoms in total. The van der Waals surface area contributed by atoms with Crippen LogP contribution in [0.2, 0.25) is 0 Å². The number of unbranched alkanes of at least 4 members (excludes halogenated alkanes) is 12. The summed E-state index contributed by atoms with van der Waals surface area (Å²) in [5, 5.41) is 0. The van der Waals surface area contributed by atoms with Crippen LogP contribution >= 0.6 is 7.82 Å². The van der Waals surface area contributed by atoms with Crippen molar-refractivity contribution in [3.8, 4) is 0 Å². The van der Waals surface area contributed by atoms with E-state index in [0.717, 1.165) is 6.54 Å². The van der Waals surface area contributed by atoms with Crippen LogP contribution in [0.3, 0.4) is 0 Å². The van der Waals surface area contributed by atoms with E-state index in [0.29, 0.717) is 0 Å².